The summed E-state index contributed by atoms with van der Waals surface area (Å²) >= 11 is 0. The van der Waals surface area contributed by atoms with Crippen molar-refractivity contribution in [2.24, 2.45) is 0 Å². The van der Waals surface area contributed by atoms with Gasteiger partial charge in [-0.15, -0.1) is 0 Å². The summed E-state index contributed by atoms with van der Waals surface area (Å²) in [7, 11) is 0. The molecular formula is C15H15NO3. The Balaban J connectivity index is 2.31. The highest BCUT2D eigenvalue weighted by Gasteiger charge is 2.09. The Hall–Kier alpha value is -2.36. The Kier molecular flexibility index (Phi) is 3.51. The van der Waals surface area contributed by atoms with Gasteiger partial charge in [0.15, 0.2) is 0 Å². The molecule has 0 unspecified atom stereocenters. The van der Waals surface area contributed by atoms with Crippen LogP contribution in [0, 0.1) is 20.8 Å². The van der Waals surface area contributed by atoms with Gasteiger partial charge in [0, 0.05) is 12.3 Å². The van der Waals surface area contributed by atoms with Gasteiger partial charge in [0.05, 0.1) is 5.56 Å². The van der Waals surface area contributed by atoms with E-state index in [2.05, 4.69) is 4.98 Å². The quantitative estimate of drug-likeness (QED) is 0.914. The SMILES string of the molecule is Cc1ccc(C)c(Oc2ccc(C(=O)O)cn2)c1C. The van der Waals surface area contributed by atoms with E-state index in [-0.39, 0.29) is 5.56 Å². The number of pyridine rings is 1. The number of hydrogen-bond acceptors (Lipinski definition) is 3. The third-order valence-corrected chi connectivity index (χ3v) is 3.06. The van der Waals surface area contributed by atoms with Gasteiger partial charge >= 0.3 is 5.97 Å². The van der Waals surface area contributed by atoms with Crippen LogP contribution in [0.4, 0.5) is 0 Å². The summed E-state index contributed by atoms with van der Waals surface area (Å²) in [4.78, 5) is 14.7. The van der Waals surface area contributed by atoms with E-state index in [1.54, 1.807) is 6.07 Å². The van der Waals surface area contributed by atoms with Crippen LogP contribution in [0.5, 0.6) is 11.6 Å². The minimum atomic E-state index is -0.998. The van der Waals surface area contributed by atoms with Crippen LogP contribution in [0.3, 0.4) is 0 Å². The molecule has 2 aromatic rings. The third-order valence-electron chi connectivity index (χ3n) is 3.06. The van der Waals surface area contributed by atoms with Crippen LogP contribution in [-0.2, 0) is 0 Å². The Bertz CT molecular complexity index is 618. The van der Waals surface area contributed by atoms with E-state index in [9.17, 15) is 4.79 Å². The Morgan fingerprint density at radius 1 is 1.11 bits per heavy atom. The normalized spacial score (nSPS) is 10.3. The van der Waals surface area contributed by atoms with E-state index in [0.29, 0.717) is 5.88 Å². The van der Waals surface area contributed by atoms with Gasteiger partial charge in [-0.2, -0.15) is 0 Å². The van der Waals surface area contributed by atoms with E-state index >= 15 is 0 Å². The molecule has 0 fully saturated rings. The van der Waals surface area contributed by atoms with Crippen LogP contribution >= 0.6 is 0 Å². The van der Waals surface area contributed by atoms with Gasteiger partial charge in [-0.25, -0.2) is 9.78 Å². The number of benzene rings is 1. The van der Waals surface area contributed by atoms with Crippen molar-refractivity contribution in [1.29, 1.82) is 0 Å². The molecule has 19 heavy (non-hydrogen) atoms. The van der Waals surface area contributed by atoms with Crippen molar-refractivity contribution in [3.8, 4) is 11.6 Å². The highest BCUT2D eigenvalue weighted by molar-refractivity contribution is 5.87. The smallest absolute Gasteiger partial charge is 0.337 e. The van der Waals surface area contributed by atoms with Crippen molar-refractivity contribution in [2.75, 3.05) is 0 Å². The number of aryl methyl sites for hydroxylation is 2. The Morgan fingerprint density at radius 3 is 2.37 bits per heavy atom. The zero-order valence-corrected chi connectivity index (χ0v) is 11.1. The predicted molar refractivity (Wildman–Crippen MR) is 71.9 cm³/mol. The highest BCUT2D eigenvalue weighted by Crippen LogP contribution is 2.29. The van der Waals surface area contributed by atoms with Crippen LogP contribution in [-0.4, -0.2) is 16.1 Å². The lowest BCUT2D eigenvalue weighted by Crippen LogP contribution is -1.99. The van der Waals surface area contributed by atoms with E-state index < -0.39 is 5.97 Å². The number of hydrogen-bond donors (Lipinski definition) is 1. The first-order chi connectivity index (χ1) is 8.99. The second-order valence-electron chi connectivity index (χ2n) is 4.45. The summed E-state index contributed by atoms with van der Waals surface area (Å²) in [5, 5.41) is 8.81. The summed E-state index contributed by atoms with van der Waals surface area (Å²) in [5.41, 5.74) is 3.36. The van der Waals surface area contributed by atoms with Gasteiger partial charge in [-0.3, -0.25) is 0 Å². The first-order valence-corrected chi connectivity index (χ1v) is 5.93. The molecule has 0 aliphatic heterocycles. The molecule has 1 aromatic heterocycles. The summed E-state index contributed by atoms with van der Waals surface area (Å²) in [5.74, 6) is 0.166. The van der Waals surface area contributed by atoms with Gasteiger partial charge < -0.3 is 9.84 Å². The van der Waals surface area contributed by atoms with Crippen LogP contribution in [0.2, 0.25) is 0 Å². The maximum Gasteiger partial charge on any atom is 0.337 e. The third kappa shape index (κ3) is 2.73. The zero-order valence-electron chi connectivity index (χ0n) is 11.1. The fraction of sp³-hybridized carbons (Fsp3) is 0.200. The summed E-state index contributed by atoms with van der Waals surface area (Å²) < 4.78 is 5.75. The number of carboxylic acids is 1. The first kappa shape index (κ1) is 13.1. The molecule has 0 saturated carbocycles. The molecule has 0 spiro atoms. The van der Waals surface area contributed by atoms with Gasteiger partial charge in [-0.05, 0) is 43.5 Å². The first-order valence-electron chi connectivity index (χ1n) is 5.93. The standard InChI is InChI=1S/C15H15NO3/c1-9-4-5-10(2)14(11(9)3)19-13-7-6-12(8-16-13)15(17)18/h4-8H,1-3H3,(H,17,18). The van der Waals surface area contributed by atoms with Crippen molar-refractivity contribution in [1.82, 2.24) is 4.98 Å². The lowest BCUT2D eigenvalue weighted by molar-refractivity contribution is 0.0696. The van der Waals surface area contributed by atoms with Gasteiger partial charge in [0.25, 0.3) is 0 Å². The van der Waals surface area contributed by atoms with Crippen LogP contribution in [0.25, 0.3) is 0 Å². The molecule has 0 aliphatic rings. The number of aromatic carboxylic acids is 1. The molecule has 4 nitrogen and oxygen atoms in total. The average Bonchev–Trinajstić information content (AvgIpc) is 2.40. The summed E-state index contributed by atoms with van der Waals surface area (Å²) in [6, 6.07) is 7.07. The molecule has 1 N–H and O–H groups in total. The van der Waals surface area contributed by atoms with Crippen molar-refractivity contribution < 1.29 is 14.6 Å². The minimum absolute atomic E-state index is 0.144. The van der Waals surface area contributed by atoms with Crippen LogP contribution in [0.1, 0.15) is 27.0 Å². The molecule has 0 aliphatic carbocycles. The number of aromatic nitrogens is 1. The van der Waals surface area contributed by atoms with E-state index in [4.69, 9.17) is 9.84 Å². The van der Waals surface area contributed by atoms with Gasteiger partial charge in [0.2, 0.25) is 5.88 Å². The van der Waals surface area contributed by atoms with Crippen LogP contribution < -0.4 is 4.74 Å². The van der Waals surface area contributed by atoms with E-state index in [0.717, 1.165) is 22.4 Å². The minimum Gasteiger partial charge on any atom is -0.478 e. The molecule has 1 aromatic carbocycles. The van der Waals surface area contributed by atoms with E-state index in [1.807, 2.05) is 32.9 Å². The van der Waals surface area contributed by atoms with Crippen molar-refractivity contribution in [3.05, 3.63) is 52.7 Å². The number of ether oxygens (including phenoxy) is 1. The Morgan fingerprint density at radius 2 is 1.79 bits per heavy atom. The lowest BCUT2D eigenvalue weighted by atomic mass is 10.1. The van der Waals surface area contributed by atoms with E-state index in [1.165, 1.54) is 12.3 Å². The number of nitrogens with zero attached hydrogens (tertiary/aromatic N) is 1. The molecule has 0 saturated heterocycles. The second kappa shape index (κ2) is 5.10. The monoisotopic (exact) mass is 257 g/mol. The molecule has 2 rings (SSSR count). The van der Waals surface area contributed by atoms with Crippen molar-refractivity contribution >= 4 is 5.97 Å². The average molecular weight is 257 g/mol. The Labute approximate surface area is 111 Å². The molecule has 0 bridgehead atoms. The second-order valence-corrected chi connectivity index (χ2v) is 4.45. The molecule has 0 radical (unpaired) electrons. The summed E-state index contributed by atoms with van der Waals surface area (Å²) in [6.45, 7) is 5.97. The lowest BCUT2D eigenvalue weighted by Gasteiger charge is -2.12. The van der Waals surface area contributed by atoms with Gasteiger partial charge in [-0.1, -0.05) is 12.1 Å². The number of carbonyl (C=O) groups is 1. The maximum atomic E-state index is 10.7. The number of carboxylic acid groups (broad SMARTS) is 1. The number of rotatable bonds is 3. The maximum absolute atomic E-state index is 10.7. The molecular weight excluding hydrogens is 242 g/mol. The molecule has 0 atom stereocenters. The fourth-order valence-corrected chi connectivity index (χ4v) is 1.75. The zero-order chi connectivity index (χ0) is 14.0. The molecule has 0 amide bonds. The summed E-state index contributed by atoms with van der Waals surface area (Å²) in [6.07, 6.45) is 1.29. The topological polar surface area (TPSA) is 59.4 Å². The van der Waals surface area contributed by atoms with Crippen LogP contribution in [0.15, 0.2) is 30.5 Å². The largest absolute Gasteiger partial charge is 0.478 e. The van der Waals surface area contributed by atoms with Crippen molar-refractivity contribution in [3.63, 3.8) is 0 Å². The molecule has 98 valence electrons. The molecule has 1 heterocycles. The fourth-order valence-electron chi connectivity index (χ4n) is 1.75. The van der Waals surface area contributed by atoms with Gasteiger partial charge in [0.1, 0.15) is 5.75 Å². The van der Waals surface area contributed by atoms with Crippen molar-refractivity contribution in [2.45, 2.75) is 20.8 Å². The molecule has 4 heteroatoms. The predicted octanol–water partition coefficient (Wildman–Crippen LogP) is 3.50. The highest BCUT2D eigenvalue weighted by atomic mass is 16.5.